The number of amides is 1. The number of aryl methyl sites for hydroxylation is 2. The number of aromatic nitrogens is 1. The van der Waals surface area contributed by atoms with E-state index in [1.807, 2.05) is 0 Å². The zero-order valence-corrected chi connectivity index (χ0v) is 13.7. The smallest absolute Gasteiger partial charge is 0.259 e. The Hall–Kier alpha value is -1.41. The first-order valence-electron chi connectivity index (χ1n) is 7.54. The van der Waals surface area contributed by atoms with Gasteiger partial charge in [0.1, 0.15) is 11.3 Å². The second-order valence-corrected chi connectivity index (χ2v) is 8.31. The fourth-order valence-corrected chi connectivity index (χ4v) is 5.06. The maximum Gasteiger partial charge on any atom is 0.259 e. The average molecular weight is 327 g/mol. The van der Waals surface area contributed by atoms with E-state index in [4.69, 9.17) is 4.52 Å². The molecule has 3 heterocycles. The molecule has 1 atom stereocenters. The third kappa shape index (κ3) is 2.89. The molecule has 122 valence electrons. The zero-order chi connectivity index (χ0) is 15.9. The van der Waals surface area contributed by atoms with Crippen molar-refractivity contribution in [1.29, 1.82) is 0 Å². The lowest BCUT2D eigenvalue weighted by atomic mass is 10.1. The number of rotatable bonds is 2. The summed E-state index contributed by atoms with van der Waals surface area (Å²) in [5.41, 5.74) is 1.17. The summed E-state index contributed by atoms with van der Waals surface area (Å²) in [5.74, 6) is 1.04. The molecule has 8 heteroatoms. The van der Waals surface area contributed by atoms with Crippen LogP contribution in [0, 0.1) is 13.8 Å². The Morgan fingerprint density at radius 2 is 1.91 bits per heavy atom. The van der Waals surface area contributed by atoms with Crippen LogP contribution >= 0.6 is 0 Å². The largest absolute Gasteiger partial charge is 0.361 e. The SMILES string of the molecule is Cc1noc(C)c1C(=O)N1CCN([C@@H]2CCS(=O)(=O)C2)CC1. The predicted octanol–water partition coefficient (Wildman–Crippen LogP) is 0.236. The van der Waals surface area contributed by atoms with E-state index in [9.17, 15) is 13.2 Å². The third-order valence-electron chi connectivity index (χ3n) is 4.57. The lowest BCUT2D eigenvalue weighted by molar-refractivity contribution is 0.0585. The molecule has 22 heavy (non-hydrogen) atoms. The molecule has 0 bridgehead atoms. The second kappa shape index (κ2) is 5.66. The van der Waals surface area contributed by atoms with Crippen LogP contribution in [0.1, 0.15) is 28.2 Å². The Kier molecular flexibility index (Phi) is 3.98. The van der Waals surface area contributed by atoms with Gasteiger partial charge in [-0.3, -0.25) is 9.69 Å². The summed E-state index contributed by atoms with van der Waals surface area (Å²) >= 11 is 0. The molecule has 2 aliphatic heterocycles. The van der Waals surface area contributed by atoms with Crippen LogP contribution in [-0.2, 0) is 9.84 Å². The molecule has 0 aromatic carbocycles. The Bertz CT molecular complexity index is 655. The highest BCUT2D eigenvalue weighted by Gasteiger charge is 2.35. The molecule has 1 aromatic rings. The lowest BCUT2D eigenvalue weighted by Crippen LogP contribution is -2.52. The average Bonchev–Trinajstić information content (AvgIpc) is 3.01. The molecule has 1 amide bonds. The number of carbonyl (C=O) groups excluding carboxylic acids is 1. The van der Waals surface area contributed by atoms with E-state index in [-0.39, 0.29) is 23.5 Å². The van der Waals surface area contributed by atoms with Gasteiger partial charge in [-0.15, -0.1) is 0 Å². The van der Waals surface area contributed by atoms with Gasteiger partial charge >= 0.3 is 0 Å². The Morgan fingerprint density at radius 3 is 2.41 bits per heavy atom. The van der Waals surface area contributed by atoms with Gasteiger partial charge in [0.2, 0.25) is 0 Å². The molecule has 0 aliphatic carbocycles. The number of piperazine rings is 1. The summed E-state index contributed by atoms with van der Waals surface area (Å²) in [6.45, 7) is 6.17. The molecule has 0 saturated carbocycles. The lowest BCUT2D eigenvalue weighted by Gasteiger charge is -2.37. The van der Waals surface area contributed by atoms with Gasteiger partial charge in [0.15, 0.2) is 9.84 Å². The van der Waals surface area contributed by atoms with Gasteiger partial charge in [-0.1, -0.05) is 5.16 Å². The van der Waals surface area contributed by atoms with Gasteiger partial charge in [0.05, 0.1) is 17.2 Å². The molecule has 2 saturated heterocycles. The van der Waals surface area contributed by atoms with Crippen molar-refractivity contribution in [1.82, 2.24) is 15.0 Å². The van der Waals surface area contributed by atoms with E-state index in [0.717, 1.165) is 13.1 Å². The van der Waals surface area contributed by atoms with E-state index in [1.54, 1.807) is 18.7 Å². The highest BCUT2D eigenvalue weighted by Crippen LogP contribution is 2.21. The number of carbonyl (C=O) groups is 1. The number of nitrogens with zero attached hydrogens (tertiary/aromatic N) is 3. The van der Waals surface area contributed by atoms with Crippen molar-refractivity contribution in [2.75, 3.05) is 37.7 Å². The highest BCUT2D eigenvalue weighted by molar-refractivity contribution is 7.91. The maximum absolute atomic E-state index is 12.5. The van der Waals surface area contributed by atoms with Crippen LogP contribution in [-0.4, -0.2) is 73.0 Å². The topological polar surface area (TPSA) is 83.7 Å². The van der Waals surface area contributed by atoms with Gasteiger partial charge in [-0.05, 0) is 20.3 Å². The molecule has 2 aliphatic rings. The van der Waals surface area contributed by atoms with Gasteiger partial charge in [0, 0.05) is 32.2 Å². The van der Waals surface area contributed by atoms with Gasteiger partial charge in [-0.25, -0.2) is 8.42 Å². The van der Waals surface area contributed by atoms with Crippen molar-refractivity contribution in [3.63, 3.8) is 0 Å². The van der Waals surface area contributed by atoms with Crippen LogP contribution < -0.4 is 0 Å². The van der Waals surface area contributed by atoms with Gasteiger partial charge in [-0.2, -0.15) is 0 Å². The summed E-state index contributed by atoms with van der Waals surface area (Å²) in [6, 6.07) is 0.112. The van der Waals surface area contributed by atoms with E-state index in [1.165, 1.54) is 0 Å². The molecule has 2 fully saturated rings. The minimum Gasteiger partial charge on any atom is -0.361 e. The monoisotopic (exact) mass is 327 g/mol. The molecule has 0 radical (unpaired) electrons. The number of hydrogen-bond donors (Lipinski definition) is 0. The fourth-order valence-electron chi connectivity index (χ4n) is 3.30. The van der Waals surface area contributed by atoms with Crippen molar-refractivity contribution < 1.29 is 17.7 Å². The molecule has 0 spiro atoms. The first kappa shape index (κ1) is 15.5. The van der Waals surface area contributed by atoms with Crippen LogP contribution in [0.3, 0.4) is 0 Å². The van der Waals surface area contributed by atoms with Crippen LogP contribution in [0.5, 0.6) is 0 Å². The van der Waals surface area contributed by atoms with Crippen LogP contribution in [0.2, 0.25) is 0 Å². The summed E-state index contributed by atoms with van der Waals surface area (Å²) in [5, 5.41) is 3.83. The van der Waals surface area contributed by atoms with Gasteiger partial charge < -0.3 is 9.42 Å². The molecule has 0 N–H and O–H groups in total. The minimum absolute atomic E-state index is 0.0463. The second-order valence-electron chi connectivity index (χ2n) is 6.08. The normalized spacial score (nSPS) is 25.5. The first-order chi connectivity index (χ1) is 10.4. The van der Waals surface area contributed by atoms with Crippen LogP contribution in [0.25, 0.3) is 0 Å². The van der Waals surface area contributed by atoms with Crippen LogP contribution in [0.4, 0.5) is 0 Å². The van der Waals surface area contributed by atoms with Gasteiger partial charge in [0.25, 0.3) is 5.91 Å². The molecular formula is C14H21N3O4S. The molecular weight excluding hydrogens is 306 g/mol. The number of sulfone groups is 1. The van der Waals surface area contributed by atoms with Crippen molar-refractivity contribution in [3.05, 3.63) is 17.0 Å². The van der Waals surface area contributed by atoms with Crippen molar-refractivity contribution in [2.45, 2.75) is 26.3 Å². The molecule has 0 unspecified atom stereocenters. The number of hydrogen-bond acceptors (Lipinski definition) is 6. The van der Waals surface area contributed by atoms with Crippen molar-refractivity contribution in [3.8, 4) is 0 Å². The van der Waals surface area contributed by atoms with Crippen LogP contribution in [0.15, 0.2) is 4.52 Å². The minimum atomic E-state index is -2.86. The fraction of sp³-hybridized carbons (Fsp3) is 0.714. The Balaban J connectivity index is 1.61. The van der Waals surface area contributed by atoms with E-state index in [0.29, 0.717) is 36.5 Å². The summed E-state index contributed by atoms with van der Waals surface area (Å²) in [4.78, 5) is 16.5. The van der Waals surface area contributed by atoms with E-state index in [2.05, 4.69) is 10.1 Å². The van der Waals surface area contributed by atoms with Crippen molar-refractivity contribution in [2.24, 2.45) is 0 Å². The third-order valence-corrected chi connectivity index (χ3v) is 6.32. The standard InChI is InChI=1S/C14H21N3O4S/c1-10-13(11(2)21-15-10)14(18)17-6-4-16(5-7-17)12-3-8-22(19,20)9-12/h12H,3-9H2,1-2H3/t12-/m1/s1. The zero-order valence-electron chi connectivity index (χ0n) is 12.9. The summed E-state index contributed by atoms with van der Waals surface area (Å²) < 4.78 is 28.2. The predicted molar refractivity (Wildman–Crippen MR) is 80.5 cm³/mol. The van der Waals surface area contributed by atoms with E-state index < -0.39 is 9.84 Å². The summed E-state index contributed by atoms with van der Waals surface area (Å²) in [6.07, 6.45) is 0.708. The molecule has 1 aromatic heterocycles. The Labute approximate surface area is 130 Å². The summed E-state index contributed by atoms with van der Waals surface area (Å²) in [7, 11) is -2.86. The Morgan fingerprint density at radius 1 is 1.23 bits per heavy atom. The quantitative estimate of drug-likeness (QED) is 0.773. The maximum atomic E-state index is 12.5. The van der Waals surface area contributed by atoms with E-state index >= 15 is 0 Å². The molecule has 3 rings (SSSR count). The molecule has 7 nitrogen and oxygen atoms in total. The van der Waals surface area contributed by atoms with Crippen molar-refractivity contribution >= 4 is 15.7 Å². The first-order valence-corrected chi connectivity index (χ1v) is 9.36. The highest BCUT2D eigenvalue weighted by atomic mass is 32.2.